The maximum Gasteiger partial charge on any atom is 0.220 e. The molecule has 0 saturated heterocycles. The minimum atomic E-state index is 0.184. The molecule has 4 heteroatoms. The predicted molar refractivity (Wildman–Crippen MR) is 79.8 cm³/mol. The topological polar surface area (TPSA) is 50.4 Å². The quantitative estimate of drug-likeness (QED) is 0.717. The van der Waals surface area contributed by atoms with Crippen molar-refractivity contribution in [1.82, 2.24) is 10.6 Å². The lowest BCUT2D eigenvalue weighted by molar-refractivity contribution is -0.121. The number of hydrogen-bond donors (Lipinski definition) is 2. The number of nitrogens with one attached hydrogen (secondary N) is 2. The van der Waals surface area contributed by atoms with Gasteiger partial charge in [0.2, 0.25) is 5.91 Å². The molecule has 1 amide bonds. The molecule has 0 bridgehead atoms. The molecule has 1 aromatic rings. The summed E-state index contributed by atoms with van der Waals surface area (Å²) in [5.74, 6) is 1.06. The highest BCUT2D eigenvalue weighted by molar-refractivity contribution is 5.76. The molecule has 1 unspecified atom stereocenters. The van der Waals surface area contributed by atoms with Crippen molar-refractivity contribution >= 4 is 5.91 Å². The molecule has 1 aliphatic carbocycles. The van der Waals surface area contributed by atoms with E-state index in [0.717, 1.165) is 31.6 Å². The average Bonchev–Trinajstić information content (AvgIpc) is 3.27. The normalized spacial score (nSPS) is 15.7. The van der Waals surface area contributed by atoms with Gasteiger partial charge in [-0.2, -0.15) is 0 Å². The van der Waals surface area contributed by atoms with Crippen molar-refractivity contribution in [2.75, 3.05) is 13.7 Å². The van der Waals surface area contributed by atoms with Crippen molar-refractivity contribution < 1.29 is 9.53 Å². The number of amides is 1. The van der Waals surface area contributed by atoms with Crippen LogP contribution in [0.25, 0.3) is 0 Å². The zero-order chi connectivity index (χ0) is 14.4. The number of carbonyl (C=O) groups excluding carboxylic acids is 1. The van der Waals surface area contributed by atoms with Gasteiger partial charge in [0.05, 0.1) is 7.11 Å². The van der Waals surface area contributed by atoms with E-state index >= 15 is 0 Å². The summed E-state index contributed by atoms with van der Waals surface area (Å²) in [7, 11) is 1.68. The predicted octanol–water partition coefficient (Wildman–Crippen LogP) is 2.40. The summed E-state index contributed by atoms with van der Waals surface area (Å²) in [4.78, 5) is 11.5. The van der Waals surface area contributed by atoms with Gasteiger partial charge in [0.15, 0.2) is 0 Å². The van der Waals surface area contributed by atoms with Gasteiger partial charge in [-0.3, -0.25) is 4.79 Å². The van der Waals surface area contributed by atoms with Gasteiger partial charge in [0, 0.05) is 18.5 Å². The van der Waals surface area contributed by atoms with Crippen LogP contribution in [0.2, 0.25) is 0 Å². The van der Waals surface area contributed by atoms with Crippen LogP contribution in [0.1, 0.15) is 44.2 Å². The van der Waals surface area contributed by atoms with E-state index in [1.807, 2.05) is 18.2 Å². The fraction of sp³-hybridized carbons (Fsp3) is 0.562. The third-order valence-electron chi connectivity index (χ3n) is 3.57. The Kier molecular flexibility index (Phi) is 5.41. The number of carbonyl (C=O) groups is 1. The van der Waals surface area contributed by atoms with Crippen molar-refractivity contribution in [2.45, 2.75) is 44.7 Å². The summed E-state index contributed by atoms with van der Waals surface area (Å²) < 4.78 is 5.22. The highest BCUT2D eigenvalue weighted by atomic mass is 16.5. The first-order chi connectivity index (χ1) is 9.69. The van der Waals surface area contributed by atoms with Crippen LogP contribution in [-0.2, 0) is 4.79 Å². The molecular formula is C16H24N2O2. The van der Waals surface area contributed by atoms with E-state index in [-0.39, 0.29) is 11.9 Å². The van der Waals surface area contributed by atoms with Crippen molar-refractivity contribution in [3.8, 4) is 5.75 Å². The molecule has 4 nitrogen and oxygen atoms in total. The minimum absolute atomic E-state index is 0.184. The van der Waals surface area contributed by atoms with Gasteiger partial charge < -0.3 is 15.4 Å². The largest absolute Gasteiger partial charge is 0.497 e. The Morgan fingerprint density at radius 3 is 2.95 bits per heavy atom. The highest BCUT2D eigenvalue weighted by Crippen LogP contribution is 2.19. The van der Waals surface area contributed by atoms with E-state index in [2.05, 4.69) is 23.6 Å². The first-order valence-electron chi connectivity index (χ1n) is 7.35. The SMILES string of the molecule is COc1cccc(C(C)NCCCC(=O)NC2CC2)c1. The Morgan fingerprint density at radius 2 is 2.25 bits per heavy atom. The van der Waals surface area contributed by atoms with Crippen molar-refractivity contribution in [3.63, 3.8) is 0 Å². The maximum atomic E-state index is 11.5. The third kappa shape index (κ3) is 4.85. The molecular weight excluding hydrogens is 252 g/mol. The lowest BCUT2D eigenvalue weighted by Crippen LogP contribution is -2.27. The molecule has 1 fully saturated rings. The van der Waals surface area contributed by atoms with E-state index in [1.165, 1.54) is 5.56 Å². The molecule has 0 aliphatic heterocycles. The van der Waals surface area contributed by atoms with Crippen LogP contribution in [0.3, 0.4) is 0 Å². The van der Waals surface area contributed by atoms with E-state index in [1.54, 1.807) is 7.11 Å². The summed E-state index contributed by atoms with van der Waals surface area (Å²) in [6.45, 7) is 2.97. The summed E-state index contributed by atoms with van der Waals surface area (Å²) in [5.41, 5.74) is 1.20. The zero-order valence-corrected chi connectivity index (χ0v) is 12.3. The van der Waals surface area contributed by atoms with Gasteiger partial charge >= 0.3 is 0 Å². The third-order valence-corrected chi connectivity index (χ3v) is 3.57. The van der Waals surface area contributed by atoms with E-state index < -0.39 is 0 Å². The fourth-order valence-electron chi connectivity index (χ4n) is 2.12. The molecule has 0 spiro atoms. The lowest BCUT2D eigenvalue weighted by Gasteiger charge is -2.15. The van der Waals surface area contributed by atoms with Crippen LogP contribution in [0.5, 0.6) is 5.75 Å². The Bertz CT molecular complexity index is 444. The smallest absolute Gasteiger partial charge is 0.220 e. The first-order valence-corrected chi connectivity index (χ1v) is 7.35. The molecule has 2 N–H and O–H groups in total. The van der Waals surface area contributed by atoms with Crippen LogP contribution in [0.15, 0.2) is 24.3 Å². The number of ether oxygens (including phenoxy) is 1. The van der Waals surface area contributed by atoms with E-state index in [0.29, 0.717) is 12.5 Å². The number of rotatable bonds is 8. The standard InChI is InChI=1S/C16H24N2O2/c1-12(13-5-3-6-15(11-13)20-2)17-10-4-7-16(19)18-14-8-9-14/h3,5-6,11-12,14,17H,4,7-10H2,1-2H3,(H,18,19). The number of hydrogen-bond acceptors (Lipinski definition) is 3. The van der Waals surface area contributed by atoms with Gasteiger partial charge in [-0.1, -0.05) is 12.1 Å². The Balaban J connectivity index is 1.65. The maximum absolute atomic E-state index is 11.5. The van der Waals surface area contributed by atoms with Crippen molar-refractivity contribution in [1.29, 1.82) is 0 Å². The van der Waals surface area contributed by atoms with Crippen molar-refractivity contribution in [2.24, 2.45) is 0 Å². The van der Waals surface area contributed by atoms with Crippen LogP contribution in [-0.4, -0.2) is 25.6 Å². The van der Waals surface area contributed by atoms with Gasteiger partial charge in [0.1, 0.15) is 5.75 Å². The number of methoxy groups -OCH3 is 1. The monoisotopic (exact) mass is 276 g/mol. The fourth-order valence-corrected chi connectivity index (χ4v) is 2.12. The molecule has 1 atom stereocenters. The summed E-state index contributed by atoms with van der Waals surface area (Å²) in [6.07, 6.45) is 3.77. The summed E-state index contributed by atoms with van der Waals surface area (Å²) >= 11 is 0. The number of benzene rings is 1. The Hall–Kier alpha value is -1.55. The second kappa shape index (κ2) is 7.29. The average molecular weight is 276 g/mol. The first kappa shape index (κ1) is 14.9. The Labute approximate surface area is 120 Å². The second-order valence-electron chi connectivity index (χ2n) is 5.40. The molecule has 110 valence electrons. The Morgan fingerprint density at radius 1 is 1.45 bits per heavy atom. The second-order valence-corrected chi connectivity index (χ2v) is 5.40. The molecule has 1 aliphatic rings. The highest BCUT2D eigenvalue weighted by Gasteiger charge is 2.22. The van der Waals surface area contributed by atoms with Crippen LogP contribution < -0.4 is 15.4 Å². The molecule has 0 aromatic heterocycles. The van der Waals surface area contributed by atoms with E-state index in [4.69, 9.17) is 4.74 Å². The molecule has 0 radical (unpaired) electrons. The summed E-state index contributed by atoms with van der Waals surface area (Å²) in [5, 5.41) is 6.44. The van der Waals surface area contributed by atoms with Crippen LogP contribution in [0.4, 0.5) is 0 Å². The van der Waals surface area contributed by atoms with Gasteiger partial charge in [0.25, 0.3) is 0 Å². The van der Waals surface area contributed by atoms with Gasteiger partial charge in [-0.05, 0) is 50.4 Å². The lowest BCUT2D eigenvalue weighted by atomic mass is 10.1. The molecule has 20 heavy (non-hydrogen) atoms. The van der Waals surface area contributed by atoms with Crippen molar-refractivity contribution in [3.05, 3.63) is 29.8 Å². The molecule has 1 saturated carbocycles. The van der Waals surface area contributed by atoms with Gasteiger partial charge in [-0.25, -0.2) is 0 Å². The summed E-state index contributed by atoms with van der Waals surface area (Å²) in [6, 6.07) is 8.79. The molecule has 2 rings (SSSR count). The van der Waals surface area contributed by atoms with Crippen LogP contribution in [0, 0.1) is 0 Å². The molecule has 0 heterocycles. The van der Waals surface area contributed by atoms with E-state index in [9.17, 15) is 4.79 Å². The zero-order valence-electron chi connectivity index (χ0n) is 12.3. The molecule has 1 aromatic carbocycles. The van der Waals surface area contributed by atoms with Crippen LogP contribution >= 0.6 is 0 Å². The minimum Gasteiger partial charge on any atom is -0.497 e. The van der Waals surface area contributed by atoms with Gasteiger partial charge in [-0.15, -0.1) is 0 Å².